The number of para-hydroxylation sites is 2. The van der Waals surface area contributed by atoms with Gasteiger partial charge in [-0.2, -0.15) is 0 Å². The summed E-state index contributed by atoms with van der Waals surface area (Å²) in [5, 5.41) is 5.74. The Morgan fingerprint density at radius 3 is 2.57 bits per heavy atom. The monoisotopic (exact) mass is 401 g/mol. The molecule has 0 bridgehead atoms. The molecule has 6 nitrogen and oxygen atoms in total. The zero-order valence-electron chi connectivity index (χ0n) is 16.7. The molecule has 3 aromatic rings. The molecule has 0 unspecified atom stereocenters. The van der Waals surface area contributed by atoms with Crippen LogP contribution in [0.1, 0.15) is 21.5 Å². The van der Waals surface area contributed by atoms with E-state index in [-0.39, 0.29) is 11.9 Å². The molecule has 0 aliphatic carbocycles. The molecule has 30 heavy (non-hydrogen) atoms. The van der Waals surface area contributed by atoms with Crippen molar-refractivity contribution in [2.24, 2.45) is 0 Å². The van der Waals surface area contributed by atoms with Gasteiger partial charge >= 0.3 is 6.03 Å². The third kappa shape index (κ3) is 4.27. The number of nitrogens with zero attached hydrogens (tertiary/aromatic N) is 1. The molecule has 2 N–H and O–H groups in total. The number of hydrogen-bond acceptors (Lipinski definition) is 3. The smallest absolute Gasteiger partial charge is 0.322 e. The number of ether oxygens (including phenoxy) is 1. The first-order valence-corrected chi connectivity index (χ1v) is 9.87. The first kappa shape index (κ1) is 19.5. The number of nitrogens with one attached hydrogen (secondary N) is 2. The quantitative estimate of drug-likeness (QED) is 0.649. The standard InChI is InChI=1S/C24H23N3O3/c1-17-15-18(11-12-21(17)27-14-13-25-24(27)29)23(28)26-16-19-7-5-6-10-22(19)30-20-8-3-2-4-9-20/h2-12,15H,13-14,16H2,1H3,(H,25,29)(H,26,28). The number of carbonyl (C=O) groups excluding carboxylic acids is 2. The van der Waals surface area contributed by atoms with Crippen LogP contribution < -0.4 is 20.3 Å². The molecule has 3 amide bonds. The van der Waals surface area contributed by atoms with Gasteiger partial charge in [-0.15, -0.1) is 0 Å². The highest BCUT2D eigenvalue weighted by Crippen LogP contribution is 2.26. The van der Waals surface area contributed by atoms with Crippen LogP contribution in [0.4, 0.5) is 10.5 Å². The van der Waals surface area contributed by atoms with Crippen LogP contribution in [0.3, 0.4) is 0 Å². The second-order valence-electron chi connectivity index (χ2n) is 7.09. The van der Waals surface area contributed by atoms with Crippen molar-refractivity contribution < 1.29 is 14.3 Å². The average molecular weight is 401 g/mol. The SMILES string of the molecule is Cc1cc(C(=O)NCc2ccccc2Oc2ccccc2)ccc1N1CCNC1=O. The van der Waals surface area contributed by atoms with E-state index in [0.717, 1.165) is 22.6 Å². The van der Waals surface area contributed by atoms with Crippen molar-refractivity contribution in [3.05, 3.63) is 89.5 Å². The van der Waals surface area contributed by atoms with Gasteiger partial charge in [-0.05, 0) is 48.9 Å². The van der Waals surface area contributed by atoms with Gasteiger partial charge in [0.1, 0.15) is 11.5 Å². The summed E-state index contributed by atoms with van der Waals surface area (Å²) in [6, 6.07) is 22.4. The van der Waals surface area contributed by atoms with E-state index in [1.807, 2.05) is 73.7 Å². The van der Waals surface area contributed by atoms with Gasteiger partial charge in [-0.1, -0.05) is 36.4 Å². The third-order valence-electron chi connectivity index (χ3n) is 4.99. The maximum Gasteiger partial charge on any atom is 0.322 e. The molecule has 1 fully saturated rings. The lowest BCUT2D eigenvalue weighted by Gasteiger charge is -2.18. The minimum atomic E-state index is -0.176. The number of carbonyl (C=O) groups is 2. The number of rotatable bonds is 6. The third-order valence-corrected chi connectivity index (χ3v) is 4.99. The van der Waals surface area contributed by atoms with E-state index in [4.69, 9.17) is 4.74 Å². The number of aryl methyl sites for hydroxylation is 1. The lowest BCUT2D eigenvalue weighted by atomic mass is 10.1. The Labute approximate surface area is 175 Å². The first-order valence-electron chi connectivity index (χ1n) is 9.87. The molecule has 0 radical (unpaired) electrons. The van der Waals surface area contributed by atoms with Crippen molar-refractivity contribution in [1.29, 1.82) is 0 Å². The summed E-state index contributed by atoms with van der Waals surface area (Å²) >= 11 is 0. The Hall–Kier alpha value is -3.80. The molecule has 1 aliphatic heterocycles. The molecule has 3 aromatic carbocycles. The predicted molar refractivity (Wildman–Crippen MR) is 116 cm³/mol. The van der Waals surface area contributed by atoms with Crippen molar-refractivity contribution in [2.45, 2.75) is 13.5 Å². The van der Waals surface area contributed by atoms with Crippen LogP contribution >= 0.6 is 0 Å². The Morgan fingerprint density at radius 2 is 1.83 bits per heavy atom. The van der Waals surface area contributed by atoms with Gasteiger partial charge in [0.05, 0.1) is 0 Å². The number of amides is 3. The molecule has 152 valence electrons. The van der Waals surface area contributed by atoms with E-state index >= 15 is 0 Å². The molecular formula is C24H23N3O3. The summed E-state index contributed by atoms with van der Waals surface area (Å²) in [5.41, 5.74) is 3.14. The first-order chi connectivity index (χ1) is 14.6. The van der Waals surface area contributed by atoms with Crippen LogP contribution in [-0.4, -0.2) is 25.0 Å². The Balaban J connectivity index is 1.44. The summed E-state index contributed by atoms with van der Waals surface area (Å²) < 4.78 is 5.95. The van der Waals surface area contributed by atoms with Gasteiger partial charge < -0.3 is 15.4 Å². The number of urea groups is 1. The number of anilines is 1. The van der Waals surface area contributed by atoms with E-state index in [9.17, 15) is 9.59 Å². The minimum Gasteiger partial charge on any atom is -0.457 e. The summed E-state index contributed by atoms with van der Waals surface area (Å²) in [4.78, 5) is 26.3. The van der Waals surface area contributed by atoms with Crippen molar-refractivity contribution in [3.63, 3.8) is 0 Å². The lowest BCUT2D eigenvalue weighted by Crippen LogP contribution is -2.28. The fourth-order valence-corrected chi connectivity index (χ4v) is 3.44. The van der Waals surface area contributed by atoms with Crippen LogP contribution in [0.2, 0.25) is 0 Å². The molecule has 1 saturated heterocycles. The maximum absolute atomic E-state index is 12.7. The zero-order chi connectivity index (χ0) is 20.9. The highest BCUT2D eigenvalue weighted by Gasteiger charge is 2.23. The molecule has 0 atom stereocenters. The maximum atomic E-state index is 12.7. The average Bonchev–Trinajstić information content (AvgIpc) is 3.19. The Bertz CT molecular complexity index is 1070. The Morgan fingerprint density at radius 1 is 1.07 bits per heavy atom. The van der Waals surface area contributed by atoms with Crippen LogP contribution in [0.15, 0.2) is 72.8 Å². The zero-order valence-corrected chi connectivity index (χ0v) is 16.7. The molecule has 6 heteroatoms. The highest BCUT2D eigenvalue weighted by atomic mass is 16.5. The van der Waals surface area contributed by atoms with Gasteiger partial charge in [-0.3, -0.25) is 9.69 Å². The van der Waals surface area contributed by atoms with Gasteiger partial charge in [0.25, 0.3) is 5.91 Å². The van der Waals surface area contributed by atoms with E-state index in [0.29, 0.717) is 30.9 Å². The Kier molecular flexibility index (Phi) is 5.66. The van der Waals surface area contributed by atoms with Gasteiger partial charge in [0, 0.05) is 36.4 Å². The van der Waals surface area contributed by atoms with E-state index in [2.05, 4.69) is 10.6 Å². The molecular weight excluding hydrogens is 378 g/mol. The van der Waals surface area contributed by atoms with Crippen LogP contribution in [0.25, 0.3) is 0 Å². The molecule has 1 heterocycles. The van der Waals surface area contributed by atoms with E-state index in [1.54, 1.807) is 11.0 Å². The van der Waals surface area contributed by atoms with Crippen LogP contribution in [-0.2, 0) is 6.54 Å². The molecule has 0 spiro atoms. The largest absolute Gasteiger partial charge is 0.457 e. The molecule has 4 rings (SSSR count). The van der Waals surface area contributed by atoms with Gasteiger partial charge in [0.2, 0.25) is 0 Å². The van der Waals surface area contributed by atoms with Crippen molar-refractivity contribution in [1.82, 2.24) is 10.6 Å². The van der Waals surface area contributed by atoms with E-state index in [1.165, 1.54) is 0 Å². The normalized spacial score (nSPS) is 13.1. The second kappa shape index (κ2) is 8.69. The van der Waals surface area contributed by atoms with Gasteiger partial charge in [0.15, 0.2) is 0 Å². The fraction of sp³-hybridized carbons (Fsp3) is 0.167. The van der Waals surface area contributed by atoms with Crippen molar-refractivity contribution in [3.8, 4) is 11.5 Å². The van der Waals surface area contributed by atoms with E-state index < -0.39 is 0 Å². The van der Waals surface area contributed by atoms with Gasteiger partial charge in [-0.25, -0.2) is 4.79 Å². The summed E-state index contributed by atoms with van der Waals surface area (Å²) in [5.74, 6) is 1.27. The minimum absolute atomic E-state index is 0.106. The molecule has 1 aliphatic rings. The molecule has 0 saturated carbocycles. The molecule has 0 aromatic heterocycles. The number of hydrogen-bond donors (Lipinski definition) is 2. The highest BCUT2D eigenvalue weighted by molar-refractivity contribution is 5.97. The summed E-state index contributed by atoms with van der Waals surface area (Å²) in [7, 11) is 0. The van der Waals surface area contributed by atoms with Crippen molar-refractivity contribution >= 4 is 17.6 Å². The topological polar surface area (TPSA) is 70.7 Å². The summed E-state index contributed by atoms with van der Waals surface area (Å²) in [6.07, 6.45) is 0. The second-order valence-corrected chi connectivity index (χ2v) is 7.09. The van der Waals surface area contributed by atoms with Crippen LogP contribution in [0, 0.1) is 6.92 Å². The summed E-state index contributed by atoms with van der Waals surface area (Å²) in [6.45, 7) is 3.51. The van der Waals surface area contributed by atoms with Crippen LogP contribution in [0.5, 0.6) is 11.5 Å². The fourth-order valence-electron chi connectivity index (χ4n) is 3.44. The lowest BCUT2D eigenvalue weighted by molar-refractivity contribution is 0.0950. The predicted octanol–water partition coefficient (Wildman–Crippen LogP) is 4.25. The number of benzene rings is 3. The van der Waals surface area contributed by atoms with Crippen molar-refractivity contribution in [2.75, 3.05) is 18.0 Å².